The van der Waals surface area contributed by atoms with Crippen LogP contribution in [-0.4, -0.2) is 23.8 Å². The van der Waals surface area contributed by atoms with E-state index in [1.807, 2.05) is 13.8 Å². The third-order valence-corrected chi connectivity index (χ3v) is 1.75. The van der Waals surface area contributed by atoms with E-state index in [2.05, 4.69) is 13.8 Å². The van der Waals surface area contributed by atoms with Crippen molar-refractivity contribution in [2.45, 2.75) is 53.6 Å². The van der Waals surface area contributed by atoms with Crippen molar-refractivity contribution in [1.82, 2.24) is 0 Å². The highest BCUT2D eigenvalue weighted by atomic mass is 16.5. The molecule has 1 heterocycles. The summed E-state index contributed by atoms with van der Waals surface area (Å²) < 4.78 is 5.35. The lowest BCUT2D eigenvalue weighted by Crippen LogP contribution is -2.20. The zero-order chi connectivity index (χ0) is 11.6. The second-order valence-electron chi connectivity index (χ2n) is 3.33. The highest BCUT2D eigenvalue weighted by Crippen LogP contribution is 2.18. The van der Waals surface area contributed by atoms with Gasteiger partial charge < -0.3 is 9.84 Å². The molecule has 0 aliphatic carbocycles. The van der Waals surface area contributed by atoms with Crippen molar-refractivity contribution < 1.29 is 14.6 Å². The van der Waals surface area contributed by atoms with Gasteiger partial charge in [-0.25, -0.2) is 0 Å². The molecule has 0 aromatic carbocycles. The van der Waals surface area contributed by atoms with Crippen molar-refractivity contribution in [3.63, 3.8) is 0 Å². The smallest absolute Gasteiger partial charge is 0.300 e. The highest BCUT2D eigenvalue weighted by molar-refractivity contribution is 5.62. The molecule has 3 nitrogen and oxygen atoms in total. The van der Waals surface area contributed by atoms with Crippen LogP contribution in [0.5, 0.6) is 0 Å². The summed E-state index contributed by atoms with van der Waals surface area (Å²) in [7, 11) is 0. The SMILES string of the molecule is CC.CC(=O)O.CC1CCOC(C)C1. The van der Waals surface area contributed by atoms with Crippen LogP contribution in [-0.2, 0) is 9.53 Å². The molecule has 0 bridgehead atoms. The molecule has 0 amide bonds. The molecule has 0 aromatic rings. The first-order valence-corrected chi connectivity index (χ1v) is 5.33. The zero-order valence-corrected chi connectivity index (χ0v) is 10.0. The number of aliphatic carboxylic acids is 1. The van der Waals surface area contributed by atoms with Crippen LogP contribution < -0.4 is 0 Å². The number of hydrogen-bond donors (Lipinski definition) is 1. The first-order valence-electron chi connectivity index (χ1n) is 5.33. The second-order valence-corrected chi connectivity index (χ2v) is 3.33. The van der Waals surface area contributed by atoms with Crippen molar-refractivity contribution in [3.05, 3.63) is 0 Å². The summed E-state index contributed by atoms with van der Waals surface area (Å²) >= 11 is 0. The molecule has 2 atom stereocenters. The van der Waals surface area contributed by atoms with Crippen molar-refractivity contribution in [2.75, 3.05) is 6.61 Å². The maximum Gasteiger partial charge on any atom is 0.300 e. The average Bonchev–Trinajstić information content (AvgIpc) is 2.06. The average molecular weight is 204 g/mol. The minimum Gasteiger partial charge on any atom is -0.481 e. The molecule has 2 unspecified atom stereocenters. The number of carboxylic acids is 1. The van der Waals surface area contributed by atoms with E-state index >= 15 is 0 Å². The summed E-state index contributed by atoms with van der Waals surface area (Å²) in [6.45, 7) is 10.5. The monoisotopic (exact) mass is 204 g/mol. The molecule has 86 valence electrons. The van der Waals surface area contributed by atoms with Crippen LogP contribution in [0, 0.1) is 5.92 Å². The highest BCUT2D eigenvalue weighted by Gasteiger charge is 2.13. The second kappa shape index (κ2) is 10.5. The Morgan fingerprint density at radius 3 is 2.00 bits per heavy atom. The molecule has 1 saturated heterocycles. The van der Waals surface area contributed by atoms with Gasteiger partial charge in [0.25, 0.3) is 5.97 Å². The van der Waals surface area contributed by atoms with Gasteiger partial charge in [-0.05, 0) is 25.7 Å². The fourth-order valence-corrected chi connectivity index (χ4v) is 1.22. The van der Waals surface area contributed by atoms with Gasteiger partial charge in [-0.1, -0.05) is 20.8 Å². The molecule has 0 spiro atoms. The summed E-state index contributed by atoms with van der Waals surface area (Å²) in [5, 5.41) is 7.42. The van der Waals surface area contributed by atoms with Gasteiger partial charge in [-0.3, -0.25) is 4.79 Å². The summed E-state index contributed by atoms with van der Waals surface area (Å²) in [6.07, 6.45) is 3.02. The molecular weight excluding hydrogens is 180 g/mol. The largest absolute Gasteiger partial charge is 0.481 e. The first kappa shape index (κ1) is 15.9. The number of hydrogen-bond acceptors (Lipinski definition) is 2. The van der Waals surface area contributed by atoms with Crippen LogP contribution in [0.1, 0.15) is 47.5 Å². The van der Waals surface area contributed by atoms with Crippen LogP contribution in [0.2, 0.25) is 0 Å². The van der Waals surface area contributed by atoms with E-state index in [1.165, 1.54) is 12.8 Å². The predicted molar refractivity (Wildman–Crippen MR) is 58.5 cm³/mol. The fourth-order valence-electron chi connectivity index (χ4n) is 1.22. The van der Waals surface area contributed by atoms with Crippen LogP contribution in [0.15, 0.2) is 0 Å². The van der Waals surface area contributed by atoms with Crippen molar-refractivity contribution in [3.8, 4) is 0 Å². The topological polar surface area (TPSA) is 46.5 Å². The van der Waals surface area contributed by atoms with E-state index in [0.29, 0.717) is 6.10 Å². The Balaban J connectivity index is 0. The number of carboxylic acid groups (broad SMARTS) is 1. The molecule has 0 radical (unpaired) electrons. The van der Waals surface area contributed by atoms with Crippen molar-refractivity contribution in [1.29, 1.82) is 0 Å². The van der Waals surface area contributed by atoms with Gasteiger partial charge in [-0.15, -0.1) is 0 Å². The number of carbonyl (C=O) groups is 1. The summed E-state index contributed by atoms with van der Waals surface area (Å²) in [6, 6.07) is 0. The molecule has 0 saturated carbocycles. The molecule has 1 rings (SSSR count). The molecule has 3 heteroatoms. The van der Waals surface area contributed by atoms with Gasteiger partial charge in [0, 0.05) is 13.5 Å². The van der Waals surface area contributed by atoms with E-state index in [-0.39, 0.29) is 0 Å². The van der Waals surface area contributed by atoms with Gasteiger partial charge in [0.1, 0.15) is 0 Å². The normalized spacial score (nSPS) is 24.9. The Hall–Kier alpha value is -0.570. The number of rotatable bonds is 0. The molecule has 0 aromatic heterocycles. The zero-order valence-electron chi connectivity index (χ0n) is 10.0. The molecule has 1 fully saturated rings. The summed E-state index contributed by atoms with van der Waals surface area (Å²) in [5.41, 5.74) is 0. The lowest BCUT2D eigenvalue weighted by atomic mass is 9.99. The van der Waals surface area contributed by atoms with Gasteiger partial charge in [-0.2, -0.15) is 0 Å². The Bertz CT molecular complexity index is 122. The van der Waals surface area contributed by atoms with Crippen LogP contribution in [0.25, 0.3) is 0 Å². The van der Waals surface area contributed by atoms with Crippen LogP contribution in [0.4, 0.5) is 0 Å². The Morgan fingerprint density at radius 1 is 1.36 bits per heavy atom. The summed E-state index contributed by atoms with van der Waals surface area (Å²) in [5.74, 6) is 0.0544. The van der Waals surface area contributed by atoms with Gasteiger partial charge >= 0.3 is 0 Å². The fraction of sp³-hybridized carbons (Fsp3) is 0.909. The van der Waals surface area contributed by atoms with Gasteiger partial charge in [0.15, 0.2) is 0 Å². The van der Waals surface area contributed by atoms with Gasteiger partial charge in [0.05, 0.1) is 6.10 Å². The van der Waals surface area contributed by atoms with Crippen LogP contribution >= 0.6 is 0 Å². The van der Waals surface area contributed by atoms with E-state index in [9.17, 15) is 0 Å². The quantitative estimate of drug-likeness (QED) is 0.660. The van der Waals surface area contributed by atoms with Crippen molar-refractivity contribution in [2.24, 2.45) is 5.92 Å². The Kier molecular flexibility index (Phi) is 11.9. The first-order chi connectivity index (χ1) is 6.52. The van der Waals surface area contributed by atoms with E-state index < -0.39 is 5.97 Å². The maximum atomic E-state index is 9.00. The van der Waals surface area contributed by atoms with Crippen molar-refractivity contribution >= 4 is 5.97 Å². The third-order valence-electron chi connectivity index (χ3n) is 1.75. The van der Waals surface area contributed by atoms with E-state index in [0.717, 1.165) is 19.4 Å². The minimum absolute atomic E-state index is 0.513. The molecule has 1 N–H and O–H groups in total. The number of ether oxygens (including phenoxy) is 1. The Labute approximate surface area is 87.5 Å². The molecule has 1 aliphatic heterocycles. The summed E-state index contributed by atoms with van der Waals surface area (Å²) in [4.78, 5) is 9.00. The predicted octanol–water partition coefficient (Wildman–Crippen LogP) is 2.94. The third kappa shape index (κ3) is 14.0. The molecule has 1 aliphatic rings. The minimum atomic E-state index is -0.833. The maximum absolute atomic E-state index is 9.00. The standard InChI is InChI=1S/C7H14O.C2H4O2.C2H6/c1-6-3-4-8-7(2)5-6;1-2(3)4;1-2/h6-7H,3-5H2,1-2H3;1H3,(H,3,4);1-2H3. The van der Waals surface area contributed by atoms with Crippen LogP contribution in [0.3, 0.4) is 0 Å². The Morgan fingerprint density at radius 2 is 1.79 bits per heavy atom. The van der Waals surface area contributed by atoms with Gasteiger partial charge in [0.2, 0.25) is 0 Å². The molecular formula is C11H24O3. The molecule has 14 heavy (non-hydrogen) atoms. The lowest BCUT2D eigenvalue weighted by molar-refractivity contribution is -0.134. The van der Waals surface area contributed by atoms with E-state index in [1.54, 1.807) is 0 Å². The van der Waals surface area contributed by atoms with E-state index in [4.69, 9.17) is 14.6 Å². The lowest BCUT2D eigenvalue weighted by Gasteiger charge is -2.23.